The number of hydrogen-bond donors (Lipinski definition) is 1. The molecule has 1 fully saturated rings. The quantitative estimate of drug-likeness (QED) is 0.873. The summed E-state index contributed by atoms with van der Waals surface area (Å²) in [6.07, 6.45) is 3.96. The van der Waals surface area contributed by atoms with Crippen molar-refractivity contribution >= 4 is 17.4 Å². The fourth-order valence-corrected chi connectivity index (χ4v) is 1.75. The molecule has 0 aromatic carbocycles. The third-order valence-corrected chi connectivity index (χ3v) is 2.70. The third kappa shape index (κ3) is 2.74. The van der Waals surface area contributed by atoms with Crippen molar-refractivity contribution in [3.63, 3.8) is 0 Å². The first-order valence-corrected chi connectivity index (χ1v) is 5.59. The summed E-state index contributed by atoms with van der Waals surface area (Å²) in [7, 11) is 1.52. The van der Waals surface area contributed by atoms with E-state index in [1.807, 2.05) is 0 Å². The summed E-state index contributed by atoms with van der Waals surface area (Å²) in [5.41, 5.74) is 0. The first kappa shape index (κ1) is 11.4. The minimum atomic E-state index is 0.247. The number of nitrogens with one attached hydrogen (secondary N) is 1. The smallest absolute Gasteiger partial charge is 0.318 e. The maximum absolute atomic E-state index is 5.95. The highest BCUT2D eigenvalue weighted by molar-refractivity contribution is 6.32. The average molecular weight is 244 g/mol. The van der Waals surface area contributed by atoms with Gasteiger partial charge in [0.2, 0.25) is 0 Å². The van der Waals surface area contributed by atoms with Gasteiger partial charge in [0.25, 0.3) is 0 Å². The number of halogens is 1. The summed E-state index contributed by atoms with van der Waals surface area (Å²) in [5, 5.41) is 3.63. The number of rotatable bonds is 4. The van der Waals surface area contributed by atoms with Gasteiger partial charge in [0.1, 0.15) is 5.02 Å². The van der Waals surface area contributed by atoms with Crippen LogP contribution in [0, 0.1) is 0 Å². The standard InChI is InChI=1S/C10H14ClN3O2/c1-15-10-13-6-8(11)9(14-10)12-5-7-3-2-4-16-7/h6-7H,2-5H2,1H3,(H,12,13,14). The van der Waals surface area contributed by atoms with Crippen LogP contribution in [0.15, 0.2) is 6.20 Å². The molecule has 0 bridgehead atoms. The van der Waals surface area contributed by atoms with Gasteiger partial charge in [0.05, 0.1) is 19.4 Å². The van der Waals surface area contributed by atoms with Crippen LogP contribution < -0.4 is 10.1 Å². The fraction of sp³-hybridized carbons (Fsp3) is 0.600. The lowest BCUT2D eigenvalue weighted by Crippen LogP contribution is -2.19. The zero-order valence-electron chi connectivity index (χ0n) is 9.07. The van der Waals surface area contributed by atoms with Crippen LogP contribution in [0.4, 0.5) is 5.82 Å². The summed E-state index contributed by atoms with van der Waals surface area (Å²) in [6, 6.07) is 0.305. The van der Waals surface area contributed by atoms with Gasteiger partial charge >= 0.3 is 6.01 Å². The molecule has 0 spiro atoms. The van der Waals surface area contributed by atoms with Crippen molar-refractivity contribution in [1.82, 2.24) is 9.97 Å². The zero-order valence-corrected chi connectivity index (χ0v) is 9.83. The number of nitrogens with zero attached hydrogens (tertiary/aromatic N) is 2. The van der Waals surface area contributed by atoms with E-state index in [4.69, 9.17) is 21.1 Å². The first-order valence-electron chi connectivity index (χ1n) is 5.21. The fourth-order valence-electron chi connectivity index (χ4n) is 1.59. The molecule has 1 saturated heterocycles. The molecule has 0 saturated carbocycles. The SMILES string of the molecule is COc1ncc(Cl)c(NCC2CCCO2)n1. The van der Waals surface area contributed by atoms with Crippen LogP contribution in [-0.4, -0.2) is 36.3 Å². The largest absolute Gasteiger partial charge is 0.467 e. The molecule has 1 unspecified atom stereocenters. The Hall–Kier alpha value is -1.07. The minimum Gasteiger partial charge on any atom is -0.467 e. The van der Waals surface area contributed by atoms with E-state index in [0.29, 0.717) is 23.4 Å². The van der Waals surface area contributed by atoms with Crippen molar-refractivity contribution in [1.29, 1.82) is 0 Å². The molecule has 6 heteroatoms. The second-order valence-electron chi connectivity index (χ2n) is 3.57. The molecule has 88 valence electrons. The van der Waals surface area contributed by atoms with Crippen molar-refractivity contribution in [3.05, 3.63) is 11.2 Å². The van der Waals surface area contributed by atoms with Gasteiger partial charge in [-0.1, -0.05) is 11.6 Å². The van der Waals surface area contributed by atoms with Gasteiger partial charge in [0, 0.05) is 13.2 Å². The molecule has 1 aromatic rings. The number of methoxy groups -OCH3 is 1. The average Bonchev–Trinajstić information content (AvgIpc) is 2.81. The van der Waals surface area contributed by atoms with Crippen LogP contribution in [0.5, 0.6) is 6.01 Å². The van der Waals surface area contributed by atoms with E-state index in [1.54, 1.807) is 0 Å². The lowest BCUT2D eigenvalue weighted by atomic mass is 10.2. The Bertz CT molecular complexity index is 356. The first-order chi connectivity index (χ1) is 7.79. The molecule has 0 amide bonds. The van der Waals surface area contributed by atoms with Crippen LogP contribution in [0.2, 0.25) is 5.02 Å². The van der Waals surface area contributed by atoms with Crippen molar-refractivity contribution in [3.8, 4) is 6.01 Å². The minimum absolute atomic E-state index is 0.247. The highest BCUT2D eigenvalue weighted by Crippen LogP contribution is 2.21. The normalized spacial score (nSPS) is 19.8. The highest BCUT2D eigenvalue weighted by Gasteiger charge is 2.16. The Morgan fingerprint density at radius 3 is 3.25 bits per heavy atom. The predicted molar refractivity (Wildman–Crippen MR) is 61.1 cm³/mol. The molecular weight excluding hydrogens is 230 g/mol. The summed E-state index contributed by atoms with van der Waals surface area (Å²) in [5.74, 6) is 0.587. The summed E-state index contributed by atoms with van der Waals surface area (Å²) >= 11 is 5.95. The van der Waals surface area contributed by atoms with Gasteiger partial charge in [0.15, 0.2) is 5.82 Å². The van der Waals surface area contributed by atoms with Gasteiger partial charge in [-0.25, -0.2) is 4.98 Å². The van der Waals surface area contributed by atoms with Gasteiger partial charge < -0.3 is 14.8 Å². The summed E-state index contributed by atoms with van der Waals surface area (Å²) < 4.78 is 10.4. The van der Waals surface area contributed by atoms with E-state index in [0.717, 1.165) is 19.4 Å². The van der Waals surface area contributed by atoms with Gasteiger partial charge in [-0.05, 0) is 12.8 Å². The van der Waals surface area contributed by atoms with Crippen LogP contribution in [0.3, 0.4) is 0 Å². The molecule has 5 nitrogen and oxygen atoms in total. The lowest BCUT2D eigenvalue weighted by molar-refractivity contribution is 0.120. The van der Waals surface area contributed by atoms with Crippen molar-refractivity contribution in [2.75, 3.05) is 25.6 Å². The van der Waals surface area contributed by atoms with Crippen LogP contribution in [-0.2, 0) is 4.74 Å². The number of ether oxygens (including phenoxy) is 2. The second-order valence-corrected chi connectivity index (χ2v) is 3.98. The number of hydrogen-bond acceptors (Lipinski definition) is 5. The zero-order chi connectivity index (χ0) is 11.4. The Kier molecular flexibility index (Phi) is 3.79. The molecule has 2 heterocycles. The Morgan fingerprint density at radius 2 is 2.56 bits per heavy atom. The molecule has 0 aliphatic carbocycles. The van der Waals surface area contributed by atoms with Crippen molar-refractivity contribution < 1.29 is 9.47 Å². The molecule has 0 radical (unpaired) electrons. The van der Waals surface area contributed by atoms with Gasteiger partial charge in [-0.15, -0.1) is 0 Å². The summed E-state index contributed by atoms with van der Waals surface area (Å²) in [4.78, 5) is 8.02. The predicted octanol–water partition coefficient (Wildman–Crippen LogP) is 1.73. The molecule has 2 rings (SSSR count). The second kappa shape index (κ2) is 5.32. The monoisotopic (exact) mass is 243 g/mol. The highest BCUT2D eigenvalue weighted by atomic mass is 35.5. The third-order valence-electron chi connectivity index (χ3n) is 2.43. The van der Waals surface area contributed by atoms with Gasteiger partial charge in [-0.3, -0.25) is 0 Å². The van der Waals surface area contributed by atoms with E-state index in [9.17, 15) is 0 Å². The van der Waals surface area contributed by atoms with E-state index in [2.05, 4.69) is 15.3 Å². The molecule has 1 atom stereocenters. The van der Waals surface area contributed by atoms with Gasteiger partial charge in [-0.2, -0.15) is 4.98 Å². The molecule has 1 aliphatic heterocycles. The lowest BCUT2D eigenvalue weighted by Gasteiger charge is -2.12. The summed E-state index contributed by atoms with van der Waals surface area (Å²) in [6.45, 7) is 1.55. The van der Waals surface area contributed by atoms with Crippen LogP contribution in [0.1, 0.15) is 12.8 Å². The molecular formula is C10H14ClN3O2. The molecule has 1 aromatic heterocycles. The van der Waals surface area contributed by atoms with Crippen molar-refractivity contribution in [2.24, 2.45) is 0 Å². The van der Waals surface area contributed by atoms with E-state index >= 15 is 0 Å². The Balaban J connectivity index is 1.96. The van der Waals surface area contributed by atoms with Crippen molar-refractivity contribution in [2.45, 2.75) is 18.9 Å². The van der Waals surface area contributed by atoms with E-state index in [-0.39, 0.29) is 6.10 Å². The number of anilines is 1. The van der Waals surface area contributed by atoms with Crippen LogP contribution in [0.25, 0.3) is 0 Å². The van der Waals surface area contributed by atoms with Crippen LogP contribution >= 0.6 is 11.6 Å². The molecule has 1 N–H and O–H groups in total. The Labute approximate surface area is 99.1 Å². The molecule has 16 heavy (non-hydrogen) atoms. The number of aromatic nitrogens is 2. The van der Waals surface area contributed by atoms with E-state index < -0.39 is 0 Å². The molecule has 1 aliphatic rings. The maximum atomic E-state index is 5.95. The topological polar surface area (TPSA) is 56.3 Å². The van der Waals surface area contributed by atoms with E-state index in [1.165, 1.54) is 13.3 Å². The maximum Gasteiger partial charge on any atom is 0.318 e. The Morgan fingerprint density at radius 1 is 1.69 bits per heavy atom.